The van der Waals surface area contributed by atoms with Crippen molar-refractivity contribution in [3.8, 4) is 0 Å². The summed E-state index contributed by atoms with van der Waals surface area (Å²) in [5.74, 6) is -2.39. The van der Waals surface area contributed by atoms with Gasteiger partial charge in [0.25, 0.3) is 0 Å². The summed E-state index contributed by atoms with van der Waals surface area (Å²) in [6.45, 7) is 0.194. The van der Waals surface area contributed by atoms with Crippen LogP contribution in [-0.2, 0) is 14.4 Å². The Morgan fingerprint density at radius 1 is 1.42 bits per heavy atom. The SMILES string of the molecule is NC(N)=NCCC[C@]1(C(=O)O)C(=O)CCC(=O)N1Br. The lowest BCUT2D eigenvalue weighted by Crippen LogP contribution is -2.61. The summed E-state index contributed by atoms with van der Waals surface area (Å²) in [6.07, 6.45) is 0.156. The highest BCUT2D eigenvalue weighted by Gasteiger charge is 2.54. The van der Waals surface area contributed by atoms with Crippen LogP contribution in [0.1, 0.15) is 25.7 Å². The molecule has 0 radical (unpaired) electrons. The van der Waals surface area contributed by atoms with Crippen molar-refractivity contribution >= 4 is 39.8 Å². The number of rotatable bonds is 5. The first kappa shape index (κ1) is 15.4. The number of carbonyl (C=O) groups is 3. The van der Waals surface area contributed by atoms with Crippen molar-refractivity contribution in [2.45, 2.75) is 31.2 Å². The zero-order chi connectivity index (χ0) is 14.6. The molecule has 106 valence electrons. The third kappa shape index (κ3) is 3.03. The van der Waals surface area contributed by atoms with Crippen molar-refractivity contribution in [3.05, 3.63) is 0 Å². The van der Waals surface area contributed by atoms with Crippen LogP contribution in [0.4, 0.5) is 0 Å². The number of nitrogens with zero attached hydrogens (tertiary/aromatic N) is 2. The highest BCUT2D eigenvalue weighted by molar-refractivity contribution is 9.07. The van der Waals surface area contributed by atoms with Crippen LogP contribution >= 0.6 is 16.1 Å². The maximum atomic E-state index is 12.0. The lowest BCUT2D eigenvalue weighted by Gasteiger charge is -2.38. The maximum Gasteiger partial charge on any atom is 0.338 e. The third-order valence-corrected chi connectivity index (χ3v) is 3.93. The molecule has 0 unspecified atom stereocenters. The smallest absolute Gasteiger partial charge is 0.338 e. The first-order chi connectivity index (χ1) is 8.82. The van der Waals surface area contributed by atoms with E-state index in [-0.39, 0.29) is 38.2 Å². The van der Waals surface area contributed by atoms with Gasteiger partial charge in [-0.15, -0.1) is 0 Å². The van der Waals surface area contributed by atoms with Gasteiger partial charge in [-0.2, -0.15) is 0 Å². The molecule has 0 aromatic rings. The quantitative estimate of drug-likeness (QED) is 0.201. The molecule has 0 spiro atoms. The predicted molar refractivity (Wildman–Crippen MR) is 70.3 cm³/mol. The largest absolute Gasteiger partial charge is 0.479 e. The molecule has 0 aromatic heterocycles. The number of Topliss-reactive ketones (excluding diaryl/α,β-unsaturated/α-hetero) is 1. The molecule has 1 saturated heterocycles. The molecular weight excluding hydrogens is 320 g/mol. The number of amides is 1. The fourth-order valence-corrected chi connectivity index (χ4v) is 2.64. The second-order valence-corrected chi connectivity index (χ2v) is 4.88. The molecule has 1 rings (SSSR count). The second kappa shape index (κ2) is 6.00. The van der Waals surface area contributed by atoms with E-state index in [0.717, 1.165) is 3.93 Å². The standard InChI is InChI=1S/C10H15BrN4O4/c11-15-7(17)3-2-6(16)10(15,8(18)19)4-1-5-14-9(12)13/h1-5H2,(H,18,19)(H4,12,13,14)/t10-/m1/s1. The van der Waals surface area contributed by atoms with Gasteiger partial charge in [-0.25, -0.2) is 4.79 Å². The summed E-state index contributed by atoms with van der Waals surface area (Å²) in [5, 5.41) is 9.33. The summed E-state index contributed by atoms with van der Waals surface area (Å²) >= 11 is 2.90. The lowest BCUT2D eigenvalue weighted by atomic mass is 9.83. The first-order valence-electron chi connectivity index (χ1n) is 5.63. The van der Waals surface area contributed by atoms with Gasteiger partial charge in [0.15, 0.2) is 11.7 Å². The van der Waals surface area contributed by atoms with Crippen molar-refractivity contribution in [1.29, 1.82) is 0 Å². The number of aliphatic carboxylic acids is 1. The monoisotopic (exact) mass is 334 g/mol. The molecule has 1 aliphatic rings. The highest BCUT2D eigenvalue weighted by atomic mass is 79.9. The van der Waals surface area contributed by atoms with E-state index in [1.54, 1.807) is 0 Å². The van der Waals surface area contributed by atoms with Crippen molar-refractivity contribution in [2.24, 2.45) is 16.5 Å². The van der Waals surface area contributed by atoms with Crippen LogP contribution in [0.15, 0.2) is 4.99 Å². The van der Waals surface area contributed by atoms with Crippen LogP contribution in [0.2, 0.25) is 0 Å². The van der Waals surface area contributed by atoms with Gasteiger partial charge in [0.2, 0.25) is 11.4 Å². The van der Waals surface area contributed by atoms with Crippen LogP contribution in [0, 0.1) is 0 Å². The predicted octanol–water partition coefficient (Wildman–Crippen LogP) is -0.635. The Hall–Kier alpha value is -1.64. The number of carboxylic acids is 1. The van der Waals surface area contributed by atoms with E-state index in [4.69, 9.17) is 11.5 Å². The summed E-state index contributed by atoms with van der Waals surface area (Å²) in [5.41, 5.74) is 8.44. The molecule has 8 nitrogen and oxygen atoms in total. The van der Waals surface area contributed by atoms with Crippen LogP contribution in [0.25, 0.3) is 0 Å². The molecule has 1 fully saturated rings. The Bertz CT molecular complexity index is 435. The highest BCUT2D eigenvalue weighted by Crippen LogP contribution is 2.33. The fourth-order valence-electron chi connectivity index (χ4n) is 1.94. The van der Waals surface area contributed by atoms with Crippen LogP contribution in [0.3, 0.4) is 0 Å². The number of halogens is 1. The van der Waals surface area contributed by atoms with E-state index in [1.165, 1.54) is 0 Å². The number of guanidine groups is 1. The maximum absolute atomic E-state index is 12.0. The molecule has 1 aliphatic heterocycles. The minimum atomic E-state index is -1.87. The van der Waals surface area contributed by atoms with E-state index in [1.807, 2.05) is 0 Å². The Balaban J connectivity index is 2.89. The van der Waals surface area contributed by atoms with Crippen molar-refractivity contribution < 1.29 is 19.5 Å². The van der Waals surface area contributed by atoms with Gasteiger partial charge >= 0.3 is 5.97 Å². The fraction of sp³-hybridized carbons (Fsp3) is 0.600. The van der Waals surface area contributed by atoms with Gasteiger partial charge in [-0.05, 0) is 12.8 Å². The number of aliphatic imine (C=N–C) groups is 1. The molecule has 0 saturated carbocycles. The van der Waals surface area contributed by atoms with Crippen molar-refractivity contribution in [2.75, 3.05) is 6.54 Å². The summed E-state index contributed by atoms with van der Waals surface area (Å²) in [7, 11) is 0. The molecule has 19 heavy (non-hydrogen) atoms. The average Bonchev–Trinajstić information content (AvgIpc) is 2.33. The Labute approximate surface area is 118 Å². The average molecular weight is 335 g/mol. The van der Waals surface area contributed by atoms with E-state index in [0.29, 0.717) is 0 Å². The number of nitrogens with two attached hydrogens (primary N) is 2. The Morgan fingerprint density at radius 3 is 2.58 bits per heavy atom. The zero-order valence-corrected chi connectivity index (χ0v) is 11.7. The number of ketones is 1. The number of carboxylic acid groups (broad SMARTS) is 1. The third-order valence-electron chi connectivity index (χ3n) is 2.93. The normalized spacial score (nSPS) is 23.3. The van der Waals surface area contributed by atoms with Crippen LogP contribution < -0.4 is 11.5 Å². The van der Waals surface area contributed by atoms with E-state index < -0.39 is 23.2 Å². The molecule has 5 N–H and O–H groups in total. The van der Waals surface area contributed by atoms with E-state index in [9.17, 15) is 19.5 Å². The molecule has 1 heterocycles. The number of piperidine rings is 1. The van der Waals surface area contributed by atoms with Gasteiger partial charge in [-0.1, -0.05) is 0 Å². The molecular formula is C10H15BrN4O4. The van der Waals surface area contributed by atoms with Crippen molar-refractivity contribution in [1.82, 2.24) is 3.93 Å². The van der Waals surface area contributed by atoms with Crippen LogP contribution in [0.5, 0.6) is 0 Å². The van der Waals surface area contributed by atoms with Gasteiger partial charge in [0, 0.05) is 19.4 Å². The molecule has 0 aromatic carbocycles. The molecule has 0 aliphatic carbocycles. The minimum Gasteiger partial charge on any atom is -0.479 e. The van der Waals surface area contributed by atoms with Gasteiger partial charge in [0.1, 0.15) is 0 Å². The second-order valence-electron chi connectivity index (χ2n) is 4.17. The summed E-state index contributed by atoms with van der Waals surface area (Å²) in [6, 6.07) is 0. The lowest BCUT2D eigenvalue weighted by molar-refractivity contribution is -0.161. The Morgan fingerprint density at radius 2 is 2.05 bits per heavy atom. The molecule has 1 amide bonds. The van der Waals surface area contributed by atoms with E-state index in [2.05, 4.69) is 21.1 Å². The van der Waals surface area contributed by atoms with Crippen molar-refractivity contribution in [3.63, 3.8) is 0 Å². The topological polar surface area (TPSA) is 139 Å². The Kier molecular flexibility index (Phi) is 4.87. The van der Waals surface area contributed by atoms with Gasteiger partial charge in [0.05, 0.1) is 16.1 Å². The van der Waals surface area contributed by atoms with Crippen LogP contribution in [-0.4, -0.2) is 44.7 Å². The number of carbonyl (C=O) groups excluding carboxylic acids is 2. The number of hydrogen-bond acceptors (Lipinski definition) is 4. The van der Waals surface area contributed by atoms with Gasteiger partial charge < -0.3 is 16.6 Å². The first-order valence-corrected chi connectivity index (χ1v) is 6.34. The molecule has 0 bridgehead atoms. The minimum absolute atomic E-state index is 0.00696. The van der Waals surface area contributed by atoms with Gasteiger partial charge in [-0.3, -0.25) is 18.5 Å². The zero-order valence-electron chi connectivity index (χ0n) is 10.1. The summed E-state index contributed by atoms with van der Waals surface area (Å²) in [4.78, 5) is 38.7. The summed E-state index contributed by atoms with van der Waals surface area (Å²) < 4.78 is 0.837. The molecule has 1 atom stereocenters. The number of hydrogen-bond donors (Lipinski definition) is 3. The molecule has 9 heteroatoms. The van der Waals surface area contributed by atoms with E-state index >= 15 is 0 Å².